The molecule has 0 saturated heterocycles. The van der Waals surface area contributed by atoms with Crippen molar-refractivity contribution in [2.45, 2.75) is 13.1 Å². The summed E-state index contributed by atoms with van der Waals surface area (Å²) in [7, 11) is 1.68. The summed E-state index contributed by atoms with van der Waals surface area (Å²) in [4.78, 5) is 0. The Morgan fingerprint density at radius 3 is 2.71 bits per heavy atom. The minimum absolute atomic E-state index is 0.699. The standard InChI is InChI=1S/C19H18N4O/c1-24-18-7-8-19-16(11-18)9-10-22(19)13-17-14-23(21-20-17)12-15-5-3-2-4-6-15/h2-11,14H,12-13H2,1H3. The van der Waals surface area contributed by atoms with Gasteiger partial charge in [-0.1, -0.05) is 35.5 Å². The van der Waals surface area contributed by atoms with Crippen LogP contribution in [0.4, 0.5) is 0 Å². The highest BCUT2D eigenvalue weighted by Crippen LogP contribution is 2.22. The zero-order valence-electron chi connectivity index (χ0n) is 13.5. The Bertz CT molecular complexity index is 956. The molecule has 0 aliphatic heterocycles. The minimum Gasteiger partial charge on any atom is -0.497 e. The van der Waals surface area contributed by atoms with Crippen molar-refractivity contribution in [1.29, 1.82) is 0 Å². The minimum atomic E-state index is 0.699. The van der Waals surface area contributed by atoms with Crippen molar-refractivity contribution in [3.63, 3.8) is 0 Å². The summed E-state index contributed by atoms with van der Waals surface area (Å²) >= 11 is 0. The van der Waals surface area contributed by atoms with E-state index in [0.29, 0.717) is 6.54 Å². The highest BCUT2D eigenvalue weighted by Gasteiger charge is 2.06. The smallest absolute Gasteiger partial charge is 0.119 e. The normalized spacial score (nSPS) is 11.0. The number of hydrogen-bond donors (Lipinski definition) is 0. The topological polar surface area (TPSA) is 44.9 Å². The molecule has 4 rings (SSSR count). The number of rotatable bonds is 5. The molecular formula is C19H18N4O. The second-order valence-electron chi connectivity index (χ2n) is 5.76. The fourth-order valence-corrected chi connectivity index (χ4v) is 2.88. The van der Waals surface area contributed by atoms with Gasteiger partial charge in [-0.3, -0.25) is 0 Å². The number of nitrogens with zero attached hydrogens (tertiary/aromatic N) is 4. The van der Waals surface area contributed by atoms with Crippen LogP contribution in [0.2, 0.25) is 0 Å². The Hall–Kier alpha value is -3.08. The zero-order valence-corrected chi connectivity index (χ0v) is 13.5. The van der Waals surface area contributed by atoms with Gasteiger partial charge >= 0.3 is 0 Å². The molecule has 0 atom stereocenters. The number of ether oxygens (including phenoxy) is 1. The molecule has 2 aromatic heterocycles. The Labute approximate surface area is 140 Å². The van der Waals surface area contributed by atoms with E-state index in [9.17, 15) is 0 Å². The van der Waals surface area contributed by atoms with Crippen LogP contribution in [-0.4, -0.2) is 26.7 Å². The average molecular weight is 318 g/mol. The zero-order chi connectivity index (χ0) is 16.4. The first-order chi connectivity index (χ1) is 11.8. The van der Waals surface area contributed by atoms with Gasteiger partial charge in [-0.15, -0.1) is 5.10 Å². The predicted molar refractivity (Wildman–Crippen MR) is 93.2 cm³/mol. The van der Waals surface area contributed by atoms with E-state index in [1.165, 1.54) is 5.56 Å². The molecule has 120 valence electrons. The van der Waals surface area contributed by atoms with Crippen LogP contribution in [0.15, 0.2) is 67.0 Å². The summed E-state index contributed by atoms with van der Waals surface area (Å²) in [5.41, 5.74) is 3.32. The largest absolute Gasteiger partial charge is 0.497 e. The van der Waals surface area contributed by atoms with Gasteiger partial charge in [0.1, 0.15) is 11.4 Å². The SMILES string of the molecule is COc1ccc2c(ccn2Cc2cn(Cc3ccccc3)nn2)c1. The second kappa shape index (κ2) is 6.20. The fourth-order valence-electron chi connectivity index (χ4n) is 2.88. The van der Waals surface area contributed by atoms with Gasteiger partial charge in [0.25, 0.3) is 0 Å². The first-order valence-corrected chi connectivity index (χ1v) is 7.87. The van der Waals surface area contributed by atoms with Crippen molar-refractivity contribution in [1.82, 2.24) is 19.6 Å². The van der Waals surface area contributed by atoms with E-state index in [1.807, 2.05) is 41.2 Å². The Morgan fingerprint density at radius 1 is 1.00 bits per heavy atom. The Balaban J connectivity index is 1.54. The van der Waals surface area contributed by atoms with Crippen LogP contribution in [0.25, 0.3) is 10.9 Å². The molecule has 24 heavy (non-hydrogen) atoms. The van der Waals surface area contributed by atoms with Gasteiger partial charge in [0.15, 0.2) is 0 Å². The summed E-state index contributed by atoms with van der Waals surface area (Å²) in [6.45, 7) is 1.43. The van der Waals surface area contributed by atoms with Gasteiger partial charge < -0.3 is 9.30 Å². The van der Waals surface area contributed by atoms with Crippen molar-refractivity contribution < 1.29 is 4.74 Å². The van der Waals surface area contributed by atoms with Crippen molar-refractivity contribution in [2.75, 3.05) is 7.11 Å². The van der Waals surface area contributed by atoms with E-state index in [4.69, 9.17) is 4.74 Å². The quantitative estimate of drug-likeness (QED) is 0.567. The molecule has 0 unspecified atom stereocenters. The van der Waals surface area contributed by atoms with E-state index in [2.05, 4.69) is 45.3 Å². The van der Waals surface area contributed by atoms with Crippen LogP contribution in [0.1, 0.15) is 11.3 Å². The number of aromatic nitrogens is 4. The number of fused-ring (bicyclic) bond motifs is 1. The summed E-state index contributed by atoms with van der Waals surface area (Å²) in [5, 5.41) is 9.69. The molecule has 2 heterocycles. The highest BCUT2D eigenvalue weighted by atomic mass is 16.5. The van der Waals surface area contributed by atoms with E-state index >= 15 is 0 Å². The molecule has 2 aromatic carbocycles. The van der Waals surface area contributed by atoms with Crippen LogP contribution in [0.5, 0.6) is 5.75 Å². The molecule has 4 aromatic rings. The van der Waals surface area contributed by atoms with Crippen LogP contribution in [0, 0.1) is 0 Å². The lowest BCUT2D eigenvalue weighted by Crippen LogP contribution is -2.00. The molecule has 5 heteroatoms. The fraction of sp³-hybridized carbons (Fsp3) is 0.158. The average Bonchev–Trinajstić information content (AvgIpc) is 3.23. The second-order valence-corrected chi connectivity index (χ2v) is 5.76. The van der Waals surface area contributed by atoms with Gasteiger partial charge in [0.05, 0.1) is 26.4 Å². The van der Waals surface area contributed by atoms with Crippen molar-refractivity contribution >= 4 is 10.9 Å². The maximum Gasteiger partial charge on any atom is 0.119 e. The summed E-state index contributed by atoms with van der Waals surface area (Å²) in [6, 6.07) is 18.4. The lowest BCUT2D eigenvalue weighted by Gasteiger charge is -2.04. The third-order valence-electron chi connectivity index (χ3n) is 4.08. The third kappa shape index (κ3) is 2.88. The van der Waals surface area contributed by atoms with Crippen molar-refractivity contribution in [3.05, 3.63) is 78.2 Å². The summed E-state index contributed by atoms with van der Waals surface area (Å²) < 4.78 is 9.32. The van der Waals surface area contributed by atoms with Gasteiger partial charge in [0.2, 0.25) is 0 Å². The van der Waals surface area contributed by atoms with Gasteiger partial charge in [-0.2, -0.15) is 0 Å². The van der Waals surface area contributed by atoms with Crippen LogP contribution in [-0.2, 0) is 13.1 Å². The first-order valence-electron chi connectivity index (χ1n) is 7.87. The van der Waals surface area contributed by atoms with E-state index in [0.717, 1.165) is 28.9 Å². The molecule has 0 spiro atoms. The monoisotopic (exact) mass is 318 g/mol. The van der Waals surface area contributed by atoms with Gasteiger partial charge in [-0.25, -0.2) is 4.68 Å². The molecule has 0 aliphatic rings. The number of methoxy groups -OCH3 is 1. The third-order valence-corrected chi connectivity index (χ3v) is 4.08. The van der Waals surface area contributed by atoms with Gasteiger partial charge in [-0.05, 0) is 29.8 Å². The number of benzene rings is 2. The van der Waals surface area contributed by atoms with Crippen LogP contribution >= 0.6 is 0 Å². The van der Waals surface area contributed by atoms with Crippen molar-refractivity contribution in [2.24, 2.45) is 0 Å². The van der Waals surface area contributed by atoms with E-state index in [1.54, 1.807) is 7.11 Å². The number of hydrogen-bond acceptors (Lipinski definition) is 3. The molecule has 0 saturated carbocycles. The molecule has 0 N–H and O–H groups in total. The van der Waals surface area contributed by atoms with Crippen LogP contribution < -0.4 is 4.74 Å². The molecule has 0 bridgehead atoms. The lowest BCUT2D eigenvalue weighted by molar-refractivity contribution is 0.415. The van der Waals surface area contributed by atoms with Gasteiger partial charge in [0, 0.05) is 17.1 Å². The van der Waals surface area contributed by atoms with Crippen molar-refractivity contribution in [3.8, 4) is 5.75 Å². The van der Waals surface area contributed by atoms with E-state index < -0.39 is 0 Å². The molecule has 5 nitrogen and oxygen atoms in total. The predicted octanol–water partition coefficient (Wildman–Crippen LogP) is 3.34. The Kier molecular flexibility index (Phi) is 3.75. The lowest BCUT2D eigenvalue weighted by atomic mass is 10.2. The van der Waals surface area contributed by atoms with E-state index in [-0.39, 0.29) is 0 Å². The summed E-state index contributed by atoms with van der Waals surface area (Å²) in [5.74, 6) is 0.869. The molecule has 0 amide bonds. The Morgan fingerprint density at radius 2 is 1.88 bits per heavy atom. The molecule has 0 aliphatic carbocycles. The molecular weight excluding hydrogens is 300 g/mol. The molecule has 0 radical (unpaired) electrons. The maximum absolute atomic E-state index is 5.27. The molecule has 0 fully saturated rings. The maximum atomic E-state index is 5.27. The first kappa shape index (κ1) is 14.5. The van der Waals surface area contributed by atoms with Crippen LogP contribution in [0.3, 0.4) is 0 Å². The summed E-state index contributed by atoms with van der Waals surface area (Å²) in [6.07, 6.45) is 4.07. The highest BCUT2D eigenvalue weighted by molar-refractivity contribution is 5.81.